The molecular weight excluding hydrogens is 486 g/mol. The first-order valence-corrected chi connectivity index (χ1v) is 14.0. The molecule has 37 heavy (non-hydrogen) atoms. The summed E-state index contributed by atoms with van der Waals surface area (Å²) in [7, 11) is 0. The lowest BCUT2D eigenvalue weighted by Gasteiger charge is -2.46. The van der Waals surface area contributed by atoms with Gasteiger partial charge in [-0.2, -0.15) is 0 Å². The highest BCUT2D eigenvalue weighted by Crippen LogP contribution is 2.48. The first-order valence-electron chi connectivity index (χ1n) is 13.1. The molecule has 5 atom stereocenters. The smallest absolute Gasteiger partial charge is 0.326 e. The molecule has 4 aliphatic heterocycles. The van der Waals surface area contributed by atoms with Gasteiger partial charge in [-0.25, -0.2) is 4.79 Å². The van der Waals surface area contributed by atoms with E-state index in [0.29, 0.717) is 10.8 Å². The lowest BCUT2D eigenvalue weighted by molar-refractivity contribution is -0.118. The largest absolute Gasteiger partial charge is 0.457 e. The molecule has 3 saturated heterocycles. The van der Waals surface area contributed by atoms with Gasteiger partial charge in [0.25, 0.3) is 5.91 Å². The molecule has 2 aromatic rings. The molecule has 194 valence electrons. The molecule has 4 aliphatic rings. The molecule has 0 bridgehead atoms. The highest BCUT2D eigenvalue weighted by Gasteiger charge is 2.52. The lowest BCUT2D eigenvalue weighted by Crippen LogP contribution is -2.62. The number of benzene rings is 2. The number of thioether (sulfide) groups is 1. The second-order valence-corrected chi connectivity index (χ2v) is 11.5. The minimum absolute atomic E-state index is 0.0230. The fourth-order valence-electron chi connectivity index (χ4n) is 5.95. The Balaban J connectivity index is 1.25. The maximum absolute atomic E-state index is 13.6. The average Bonchev–Trinajstić information content (AvgIpc) is 3.26. The van der Waals surface area contributed by atoms with Crippen molar-refractivity contribution in [1.82, 2.24) is 21.3 Å². The summed E-state index contributed by atoms with van der Waals surface area (Å²) in [5, 5.41) is 13.4. The molecule has 8 nitrogen and oxygen atoms in total. The number of hydrogen-bond donors (Lipinski definition) is 4. The molecule has 0 spiro atoms. The summed E-state index contributed by atoms with van der Waals surface area (Å²) >= 11 is 1.56. The van der Waals surface area contributed by atoms with Crippen LogP contribution in [-0.2, 0) is 4.79 Å². The van der Waals surface area contributed by atoms with Crippen molar-refractivity contribution in [2.75, 3.05) is 24.5 Å². The van der Waals surface area contributed by atoms with Crippen LogP contribution < -0.4 is 30.9 Å². The predicted molar refractivity (Wildman–Crippen MR) is 146 cm³/mol. The number of aryl methyl sites for hydroxylation is 1. The van der Waals surface area contributed by atoms with Crippen LogP contribution in [-0.4, -0.2) is 49.0 Å². The third-order valence-corrected chi connectivity index (χ3v) is 9.21. The number of para-hydroxylation sites is 1. The van der Waals surface area contributed by atoms with Gasteiger partial charge in [-0.1, -0.05) is 36.9 Å². The highest BCUT2D eigenvalue weighted by atomic mass is 32.2. The standard InChI is InChI=1S/C28H33N5O3S/c1-16-14-19(36-18-6-4-3-5-7-18)8-9-21(16)33-22-11-13-30-27-23(22)24(32-28(33)35)25(37-27)26(34)31-20-10-12-29-15-17(20)2/h3-9,14,17,20,22-23,27,29-30H,10-13,15H2,1-2H3,(H,31,34)(H,32,35). The van der Waals surface area contributed by atoms with Gasteiger partial charge in [0.05, 0.1) is 16.3 Å². The van der Waals surface area contributed by atoms with Crippen molar-refractivity contribution in [3.63, 3.8) is 0 Å². The topological polar surface area (TPSA) is 94.7 Å². The number of carbonyl (C=O) groups is 2. The van der Waals surface area contributed by atoms with E-state index in [1.165, 1.54) is 0 Å². The second kappa shape index (κ2) is 10.0. The van der Waals surface area contributed by atoms with Crippen molar-refractivity contribution in [2.45, 2.75) is 44.1 Å². The molecule has 9 heteroatoms. The maximum Gasteiger partial charge on any atom is 0.326 e. The van der Waals surface area contributed by atoms with E-state index >= 15 is 0 Å². The van der Waals surface area contributed by atoms with E-state index in [9.17, 15) is 9.59 Å². The van der Waals surface area contributed by atoms with Gasteiger partial charge in [0, 0.05) is 23.3 Å². The van der Waals surface area contributed by atoms with Gasteiger partial charge in [-0.05, 0) is 81.2 Å². The third kappa shape index (κ3) is 4.60. The molecule has 6 rings (SSSR count). The quantitative estimate of drug-likeness (QED) is 0.481. The van der Waals surface area contributed by atoms with Gasteiger partial charge in [-0.15, -0.1) is 0 Å². The van der Waals surface area contributed by atoms with Crippen LogP contribution >= 0.6 is 11.8 Å². The molecule has 4 N–H and O–H groups in total. The van der Waals surface area contributed by atoms with Gasteiger partial charge in [-0.3, -0.25) is 9.69 Å². The Morgan fingerprint density at radius 3 is 2.73 bits per heavy atom. The van der Waals surface area contributed by atoms with E-state index in [0.717, 1.165) is 60.9 Å². The van der Waals surface area contributed by atoms with E-state index in [-0.39, 0.29) is 35.3 Å². The Labute approximate surface area is 221 Å². The van der Waals surface area contributed by atoms with Gasteiger partial charge >= 0.3 is 6.03 Å². The van der Waals surface area contributed by atoms with Crippen LogP contribution in [0.15, 0.2) is 59.1 Å². The number of nitrogens with one attached hydrogen (secondary N) is 4. The number of piperidine rings is 2. The molecule has 0 saturated carbocycles. The van der Waals surface area contributed by atoms with Crippen molar-refractivity contribution in [3.05, 3.63) is 64.7 Å². The molecule has 2 aromatic carbocycles. The summed E-state index contributed by atoms with van der Waals surface area (Å²) in [6, 6.07) is 15.5. The van der Waals surface area contributed by atoms with E-state index in [1.807, 2.05) is 60.4 Å². The number of urea groups is 1. The van der Waals surface area contributed by atoms with Gasteiger partial charge in [0.2, 0.25) is 0 Å². The molecular formula is C28H33N5O3S. The predicted octanol–water partition coefficient (Wildman–Crippen LogP) is 3.69. The molecule has 4 heterocycles. The first-order chi connectivity index (χ1) is 18.0. The zero-order chi connectivity index (χ0) is 25.5. The van der Waals surface area contributed by atoms with E-state index in [4.69, 9.17) is 4.74 Å². The summed E-state index contributed by atoms with van der Waals surface area (Å²) < 4.78 is 6.00. The first kappa shape index (κ1) is 24.3. The van der Waals surface area contributed by atoms with Crippen LogP contribution in [0.4, 0.5) is 10.5 Å². The Kier molecular flexibility index (Phi) is 6.60. The molecule has 0 aromatic heterocycles. The van der Waals surface area contributed by atoms with Crippen molar-refractivity contribution >= 4 is 29.4 Å². The van der Waals surface area contributed by atoms with E-state index in [2.05, 4.69) is 28.2 Å². The Bertz CT molecular complexity index is 1240. The number of nitrogens with zero attached hydrogens (tertiary/aromatic N) is 1. The Morgan fingerprint density at radius 1 is 1.11 bits per heavy atom. The van der Waals surface area contributed by atoms with Crippen LogP contribution in [0.2, 0.25) is 0 Å². The Hall–Kier alpha value is -3.01. The fraction of sp³-hybridized carbons (Fsp3) is 0.429. The lowest BCUT2D eigenvalue weighted by atomic mass is 9.86. The molecule has 0 radical (unpaired) electrons. The fourth-order valence-corrected chi connectivity index (χ4v) is 7.35. The summed E-state index contributed by atoms with van der Waals surface area (Å²) in [6.45, 7) is 6.77. The molecule has 3 amide bonds. The van der Waals surface area contributed by atoms with Crippen LogP contribution in [0, 0.1) is 18.8 Å². The number of carbonyl (C=O) groups excluding carboxylic acids is 2. The summed E-state index contributed by atoms with van der Waals surface area (Å²) in [4.78, 5) is 29.5. The van der Waals surface area contributed by atoms with Crippen molar-refractivity contribution in [3.8, 4) is 11.5 Å². The summed E-state index contributed by atoms with van der Waals surface area (Å²) in [5.74, 6) is 1.84. The van der Waals surface area contributed by atoms with Crippen LogP contribution in [0.25, 0.3) is 0 Å². The SMILES string of the molecule is Cc1cc(Oc2ccccc2)ccc1N1C(=O)NC2=C(C(=O)NC3CCNCC3C)SC3NCCC1C23. The molecule has 5 unspecified atom stereocenters. The van der Waals surface area contributed by atoms with Crippen LogP contribution in [0.5, 0.6) is 11.5 Å². The monoisotopic (exact) mass is 519 g/mol. The summed E-state index contributed by atoms with van der Waals surface area (Å²) in [6.07, 6.45) is 1.73. The average molecular weight is 520 g/mol. The minimum atomic E-state index is -0.181. The van der Waals surface area contributed by atoms with Gasteiger partial charge in [0.1, 0.15) is 11.5 Å². The van der Waals surface area contributed by atoms with Crippen molar-refractivity contribution < 1.29 is 14.3 Å². The minimum Gasteiger partial charge on any atom is -0.457 e. The third-order valence-electron chi connectivity index (χ3n) is 7.86. The van der Waals surface area contributed by atoms with Crippen molar-refractivity contribution in [2.24, 2.45) is 11.8 Å². The van der Waals surface area contributed by atoms with Crippen LogP contribution in [0.3, 0.4) is 0 Å². The summed E-state index contributed by atoms with van der Waals surface area (Å²) in [5.41, 5.74) is 2.61. The number of hydrogen-bond acceptors (Lipinski definition) is 6. The highest BCUT2D eigenvalue weighted by molar-refractivity contribution is 8.04. The van der Waals surface area contributed by atoms with Crippen molar-refractivity contribution in [1.29, 1.82) is 0 Å². The maximum atomic E-state index is 13.6. The zero-order valence-corrected chi connectivity index (χ0v) is 21.9. The van der Waals surface area contributed by atoms with Gasteiger partial charge < -0.3 is 26.0 Å². The zero-order valence-electron chi connectivity index (χ0n) is 21.1. The number of amides is 3. The van der Waals surface area contributed by atoms with E-state index < -0.39 is 0 Å². The molecule has 3 fully saturated rings. The number of anilines is 1. The van der Waals surface area contributed by atoms with E-state index in [1.54, 1.807) is 11.8 Å². The number of rotatable bonds is 5. The molecule has 0 aliphatic carbocycles. The van der Waals surface area contributed by atoms with Crippen LogP contribution in [0.1, 0.15) is 25.3 Å². The normalized spacial score (nSPS) is 29.0. The second-order valence-electron chi connectivity index (χ2n) is 10.3. The Morgan fingerprint density at radius 2 is 1.95 bits per heavy atom. The van der Waals surface area contributed by atoms with Gasteiger partial charge in [0.15, 0.2) is 0 Å². The number of ether oxygens (including phenoxy) is 1.